The Kier molecular flexibility index (Phi) is 6.01. The van der Waals surface area contributed by atoms with E-state index in [0.717, 1.165) is 45.4 Å². The second-order valence-electron chi connectivity index (χ2n) is 7.00. The third-order valence-electron chi connectivity index (χ3n) is 5.32. The van der Waals surface area contributed by atoms with Crippen LogP contribution in [-0.4, -0.2) is 68.1 Å². The quantitative estimate of drug-likeness (QED) is 0.827. The van der Waals surface area contributed by atoms with E-state index < -0.39 is 11.7 Å². The summed E-state index contributed by atoms with van der Waals surface area (Å²) in [5.74, 6) is 1.17. The molecule has 0 bridgehead atoms. The Labute approximate surface area is 154 Å². The lowest BCUT2D eigenvalue weighted by Gasteiger charge is -2.46. The first-order valence-corrected chi connectivity index (χ1v) is 9.12. The van der Waals surface area contributed by atoms with Crippen LogP contribution in [0.4, 0.5) is 5.69 Å². The van der Waals surface area contributed by atoms with Gasteiger partial charge in [0, 0.05) is 43.6 Å². The van der Waals surface area contributed by atoms with Gasteiger partial charge in [-0.2, -0.15) is 0 Å². The molecule has 144 valence electrons. The van der Waals surface area contributed by atoms with Gasteiger partial charge in [0.25, 0.3) is 0 Å². The molecule has 2 heterocycles. The van der Waals surface area contributed by atoms with E-state index in [-0.39, 0.29) is 5.91 Å². The summed E-state index contributed by atoms with van der Waals surface area (Å²) in [6, 6.07) is 5.28. The van der Waals surface area contributed by atoms with Crippen molar-refractivity contribution >= 4 is 11.6 Å². The molecule has 2 N–H and O–H groups in total. The summed E-state index contributed by atoms with van der Waals surface area (Å²) in [5.41, 5.74) is 0.233. The number of nitrogens with zero attached hydrogens (tertiary/aromatic N) is 1. The van der Waals surface area contributed by atoms with E-state index in [1.54, 1.807) is 32.4 Å². The van der Waals surface area contributed by atoms with Crippen molar-refractivity contribution in [3.05, 3.63) is 18.2 Å². The zero-order chi connectivity index (χ0) is 18.6. The van der Waals surface area contributed by atoms with Gasteiger partial charge >= 0.3 is 0 Å². The lowest BCUT2D eigenvalue weighted by molar-refractivity contribution is -0.177. The molecule has 0 aromatic heterocycles. The maximum atomic E-state index is 12.4. The van der Waals surface area contributed by atoms with E-state index in [2.05, 4.69) is 10.2 Å². The first-order chi connectivity index (χ1) is 12.5. The van der Waals surface area contributed by atoms with E-state index in [1.165, 1.54) is 0 Å². The molecule has 0 saturated carbocycles. The first-order valence-electron chi connectivity index (χ1n) is 9.12. The fourth-order valence-corrected chi connectivity index (χ4v) is 3.76. The third-order valence-corrected chi connectivity index (χ3v) is 5.32. The SMILES string of the molecule is COc1cc(NC(=O)CN2CCC3(CC2)OCCC[C@@H]3O)cc(OC)c1. The summed E-state index contributed by atoms with van der Waals surface area (Å²) in [7, 11) is 3.15. The van der Waals surface area contributed by atoms with Gasteiger partial charge < -0.3 is 24.6 Å². The molecule has 7 nitrogen and oxygen atoms in total. The Morgan fingerprint density at radius 2 is 1.92 bits per heavy atom. The van der Waals surface area contributed by atoms with E-state index in [0.29, 0.717) is 23.7 Å². The smallest absolute Gasteiger partial charge is 0.238 e. The topological polar surface area (TPSA) is 80.3 Å². The van der Waals surface area contributed by atoms with Crippen LogP contribution in [0.15, 0.2) is 18.2 Å². The van der Waals surface area contributed by atoms with E-state index >= 15 is 0 Å². The summed E-state index contributed by atoms with van der Waals surface area (Å²) < 4.78 is 16.4. The molecule has 1 spiro atoms. The predicted molar refractivity (Wildman–Crippen MR) is 97.8 cm³/mol. The van der Waals surface area contributed by atoms with Crippen LogP contribution in [0, 0.1) is 0 Å². The number of carbonyl (C=O) groups is 1. The number of nitrogens with one attached hydrogen (secondary N) is 1. The maximum absolute atomic E-state index is 12.4. The Morgan fingerprint density at radius 1 is 1.27 bits per heavy atom. The van der Waals surface area contributed by atoms with Gasteiger partial charge in [0.2, 0.25) is 5.91 Å². The average molecular weight is 364 g/mol. The van der Waals surface area contributed by atoms with Gasteiger partial charge in [0.1, 0.15) is 11.5 Å². The Bertz CT molecular complexity index is 606. The van der Waals surface area contributed by atoms with Crippen molar-refractivity contribution < 1.29 is 24.1 Å². The van der Waals surface area contributed by atoms with Crippen molar-refractivity contribution in [2.24, 2.45) is 0 Å². The lowest BCUT2D eigenvalue weighted by Crippen LogP contribution is -2.55. The van der Waals surface area contributed by atoms with Gasteiger partial charge in [0.15, 0.2) is 0 Å². The van der Waals surface area contributed by atoms with Gasteiger partial charge in [0.05, 0.1) is 32.5 Å². The zero-order valence-corrected chi connectivity index (χ0v) is 15.5. The molecule has 26 heavy (non-hydrogen) atoms. The lowest BCUT2D eigenvalue weighted by atomic mass is 9.82. The number of aliphatic hydroxyl groups is 1. The van der Waals surface area contributed by atoms with Crippen molar-refractivity contribution in [1.82, 2.24) is 4.90 Å². The van der Waals surface area contributed by atoms with Crippen LogP contribution in [-0.2, 0) is 9.53 Å². The Balaban J connectivity index is 1.53. The molecule has 0 aliphatic carbocycles. The number of hydrogen-bond donors (Lipinski definition) is 2. The van der Waals surface area contributed by atoms with Crippen LogP contribution in [0.25, 0.3) is 0 Å². The largest absolute Gasteiger partial charge is 0.497 e. The minimum absolute atomic E-state index is 0.0821. The Morgan fingerprint density at radius 3 is 2.50 bits per heavy atom. The molecule has 1 amide bonds. The molecule has 1 aromatic rings. The standard InChI is InChI=1S/C19H28N2O5/c1-24-15-10-14(11-16(12-15)25-2)20-18(23)13-21-7-5-19(6-8-21)17(22)4-3-9-26-19/h10-12,17,22H,3-9,13H2,1-2H3,(H,20,23)/t17-/m0/s1. The van der Waals surface area contributed by atoms with Crippen molar-refractivity contribution in [2.75, 3.05) is 45.8 Å². The van der Waals surface area contributed by atoms with E-state index in [1.807, 2.05) is 0 Å². The highest BCUT2D eigenvalue weighted by Crippen LogP contribution is 2.35. The molecule has 2 fully saturated rings. The second kappa shape index (κ2) is 8.24. The molecule has 0 radical (unpaired) electrons. The molecule has 2 saturated heterocycles. The summed E-state index contributed by atoms with van der Waals surface area (Å²) in [4.78, 5) is 14.5. The number of rotatable bonds is 5. The number of likely N-dealkylation sites (tertiary alicyclic amines) is 1. The van der Waals surface area contributed by atoms with Crippen molar-refractivity contribution in [3.63, 3.8) is 0 Å². The molecular weight excluding hydrogens is 336 g/mol. The van der Waals surface area contributed by atoms with Gasteiger partial charge in [-0.25, -0.2) is 0 Å². The number of benzene rings is 1. The molecule has 2 aliphatic heterocycles. The second-order valence-corrected chi connectivity index (χ2v) is 7.00. The van der Waals surface area contributed by atoms with E-state index in [9.17, 15) is 9.90 Å². The number of hydrogen-bond acceptors (Lipinski definition) is 6. The molecule has 0 unspecified atom stereocenters. The number of piperidine rings is 1. The summed E-state index contributed by atoms with van der Waals surface area (Å²) in [6.07, 6.45) is 2.84. The van der Waals surface area contributed by atoms with E-state index in [4.69, 9.17) is 14.2 Å². The highest BCUT2D eigenvalue weighted by Gasteiger charge is 2.43. The van der Waals surface area contributed by atoms with Crippen LogP contribution in [0.5, 0.6) is 11.5 Å². The van der Waals surface area contributed by atoms with Crippen LogP contribution in [0.1, 0.15) is 25.7 Å². The van der Waals surface area contributed by atoms with Crippen molar-refractivity contribution in [3.8, 4) is 11.5 Å². The highest BCUT2D eigenvalue weighted by molar-refractivity contribution is 5.92. The number of anilines is 1. The normalized spacial score (nSPS) is 22.8. The van der Waals surface area contributed by atoms with Crippen molar-refractivity contribution in [1.29, 1.82) is 0 Å². The van der Waals surface area contributed by atoms with Crippen LogP contribution in [0.2, 0.25) is 0 Å². The number of aliphatic hydroxyl groups excluding tert-OH is 1. The van der Waals surface area contributed by atoms with Gasteiger partial charge in [-0.3, -0.25) is 9.69 Å². The maximum Gasteiger partial charge on any atom is 0.238 e. The molecule has 1 atom stereocenters. The van der Waals surface area contributed by atoms with Crippen LogP contribution in [0.3, 0.4) is 0 Å². The monoisotopic (exact) mass is 364 g/mol. The minimum Gasteiger partial charge on any atom is -0.497 e. The zero-order valence-electron chi connectivity index (χ0n) is 15.5. The number of methoxy groups -OCH3 is 2. The van der Waals surface area contributed by atoms with Crippen LogP contribution < -0.4 is 14.8 Å². The summed E-state index contributed by atoms with van der Waals surface area (Å²) in [6.45, 7) is 2.51. The third kappa shape index (κ3) is 4.28. The highest BCUT2D eigenvalue weighted by atomic mass is 16.5. The predicted octanol–water partition coefficient (Wildman–Crippen LogP) is 1.65. The van der Waals surface area contributed by atoms with Gasteiger partial charge in [-0.05, 0) is 25.7 Å². The first kappa shape index (κ1) is 18.9. The van der Waals surface area contributed by atoms with Crippen LogP contribution >= 0.6 is 0 Å². The number of ether oxygens (including phenoxy) is 3. The Hall–Kier alpha value is -1.83. The molecule has 3 rings (SSSR count). The average Bonchev–Trinajstić information content (AvgIpc) is 2.65. The molecule has 2 aliphatic rings. The van der Waals surface area contributed by atoms with Crippen molar-refractivity contribution in [2.45, 2.75) is 37.4 Å². The molecule has 1 aromatic carbocycles. The summed E-state index contributed by atoms with van der Waals surface area (Å²) in [5, 5.41) is 13.2. The molecular formula is C19H28N2O5. The minimum atomic E-state index is -0.411. The van der Waals surface area contributed by atoms with Gasteiger partial charge in [-0.15, -0.1) is 0 Å². The number of carbonyl (C=O) groups excluding carboxylic acids is 1. The number of amides is 1. The summed E-state index contributed by atoms with van der Waals surface area (Å²) >= 11 is 0. The fourth-order valence-electron chi connectivity index (χ4n) is 3.76. The molecule has 7 heteroatoms. The fraction of sp³-hybridized carbons (Fsp3) is 0.632. The van der Waals surface area contributed by atoms with Gasteiger partial charge in [-0.1, -0.05) is 0 Å².